The van der Waals surface area contributed by atoms with Crippen LogP contribution in [0.3, 0.4) is 0 Å². The van der Waals surface area contributed by atoms with Crippen molar-refractivity contribution >= 4 is 23.5 Å². The molecular formula is C28H34ClN7O2. The SMILES string of the molecule is CC(C)(C)OC(=O)N1CCN(c2nc(Cl)nc3c2CN(C2CCc4ccccc42)C3)C[C@@H]1Cc1ncc[nH]1. The zero-order valence-electron chi connectivity index (χ0n) is 22.2. The largest absolute Gasteiger partial charge is 0.444 e. The van der Waals surface area contributed by atoms with E-state index in [9.17, 15) is 4.79 Å². The molecule has 1 unspecified atom stereocenters. The molecule has 3 aliphatic rings. The Labute approximate surface area is 228 Å². The molecule has 3 aromatic rings. The first-order valence-corrected chi connectivity index (χ1v) is 13.7. The number of rotatable bonds is 4. The highest BCUT2D eigenvalue weighted by Crippen LogP contribution is 2.41. The third-order valence-corrected chi connectivity index (χ3v) is 7.86. The van der Waals surface area contributed by atoms with Crippen LogP contribution in [-0.2, 0) is 30.7 Å². The quantitative estimate of drug-likeness (QED) is 0.491. The number of imidazole rings is 1. The summed E-state index contributed by atoms with van der Waals surface area (Å²) in [6, 6.07) is 9.00. The molecule has 2 atom stereocenters. The lowest BCUT2D eigenvalue weighted by molar-refractivity contribution is 0.0139. The van der Waals surface area contributed by atoms with Crippen LogP contribution in [0.2, 0.25) is 5.28 Å². The highest BCUT2D eigenvalue weighted by atomic mass is 35.5. The van der Waals surface area contributed by atoms with Gasteiger partial charge in [-0.05, 0) is 56.3 Å². The summed E-state index contributed by atoms with van der Waals surface area (Å²) in [5, 5.41) is 0.268. The van der Waals surface area contributed by atoms with Gasteiger partial charge in [0.25, 0.3) is 0 Å². The van der Waals surface area contributed by atoms with Crippen LogP contribution in [0.1, 0.15) is 61.4 Å². The van der Waals surface area contributed by atoms with Crippen molar-refractivity contribution in [3.63, 3.8) is 0 Å². The van der Waals surface area contributed by atoms with Crippen LogP contribution in [0, 0.1) is 0 Å². The van der Waals surface area contributed by atoms with Gasteiger partial charge in [0, 0.05) is 63.1 Å². The van der Waals surface area contributed by atoms with Gasteiger partial charge in [-0.25, -0.2) is 19.7 Å². The monoisotopic (exact) mass is 535 g/mol. The number of nitrogens with one attached hydrogen (secondary N) is 1. The molecule has 0 spiro atoms. The molecule has 1 saturated heterocycles. The lowest BCUT2D eigenvalue weighted by Crippen LogP contribution is -2.57. The maximum atomic E-state index is 13.1. The van der Waals surface area contributed by atoms with E-state index in [-0.39, 0.29) is 17.4 Å². The minimum Gasteiger partial charge on any atom is -0.444 e. The summed E-state index contributed by atoms with van der Waals surface area (Å²) < 4.78 is 5.74. The van der Waals surface area contributed by atoms with E-state index >= 15 is 0 Å². The number of ether oxygens (including phenoxy) is 1. The van der Waals surface area contributed by atoms with Crippen molar-refractivity contribution in [1.82, 2.24) is 29.7 Å². The van der Waals surface area contributed by atoms with E-state index in [4.69, 9.17) is 21.3 Å². The van der Waals surface area contributed by atoms with Crippen molar-refractivity contribution in [3.05, 3.63) is 70.2 Å². The summed E-state index contributed by atoms with van der Waals surface area (Å²) in [4.78, 5) is 36.7. The van der Waals surface area contributed by atoms with E-state index in [2.05, 4.69) is 49.0 Å². The van der Waals surface area contributed by atoms with E-state index in [0.29, 0.717) is 32.1 Å². The Bertz CT molecular complexity index is 1320. The lowest BCUT2D eigenvalue weighted by atomic mass is 10.1. The fraction of sp³-hybridized carbons (Fsp3) is 0.500. The van der Waals surface area contributed by atoms with Crippen LogP contribution < -0.4 is 4.90 Å². The van der Waals surface area contributed by atoms with Crippen molar-refractivity contribution in [1.29, 1.82) is 0 Å². The van der Waals surface area contributed by atoms with E-state index in [1.807, 2.05) is 25.7 Å². The number of piperazine rings is 1. The van der Waals surface area contributed by atoms with Crippen molar-refractivity contribution in [2.45, 2.75) is 70.8 Å². The van der Waals surface area contributed by atoms with Crippen molar-refractivity contribution in [3.8, 4) is 0 Å². The number of halogens is 1. The number of carbonyl (C=O) groups is 1. The number of amides is 1. The van der Waals surface area contributed by atoms with Gasteiger partial charge in [0.15, 0.2) is 0 Å². The Morgan fingerprint density at radius 1 is 1.18 bits per heavy atom. The minimum absolute atomic E-state index is 0.131. The Hall–Kier alpha value is -3.17. The second-order valence-corrected chi connectivity index (χ2v) is 11.8. The Balaban J connectivity index is 1.25. The molecular weight excluding hydrogens is 502 g/mol. The maximum Gasteiger partial charge on any atom is 0.410 e. The van der Waals surface area contributed by atoms with Crippen LogP contribution in [0.25, 0.3) is 0 Å². The number of fused-ring (bicyclic) bond motifs is 2. The molecule has 1 fully saturated rings. The average Bonchev–Trinajstić information content (AvgIpc) is 3.62. The number of anilines is 1. The number of aromatic amines is 1. The highest BCUT2D eigenvalue weighted by molar-refractivity contribution is 6.28. The number of hydrogen-bond donors (Lipinski definition) is 1. The molecule has 38 heavy (non-hydrogen) atoms. The third-order valence-electron chi connectivity index (χ3n) is 7.69. The van der Waals surface area contributed by atoms with Gasteiger partial charge >= 0.3 is 6.09 Å². The molecule has 2 aromatic heterocycles. The Kier molecular flexibility index (Phi) is 6.52. The van der Waals surface area contributed by atoms with Gasteiger partial charge in [-0.1, -0.05) is 24.3 Å². The smallest absolute Gasteiger partial charge is 0.410 e. The van der Waals surface area contributed by atoms with Gasteiger partial charge < -0.3 is 19.5 Å². The standard InChI is InChI=1S/C28H34ClN7O2/c1-28(2,3)38-27(37)36-13-12-34(15-19(36)14-24-30-10-11-31-24)25-21-16-35(17-22(21)32-26(29)33-25)23-9-8-18-6-4-5-7-20(18)23/h4-7,10-11,19,23H,8-9,12-17H2,1-3H3,(H,30,31)/t19-,23?/m0/s1. The summed E-state index contributed by atoms with van der Waals surface area (Å²) in [5.41, 5.74) is 4.44. The third kappa shape index (κ3) is 4.97. The summed E-state index contributed by atoms with van der Waals surface area (Å²) >= 11 is 6.47. The molecule has 1 N–H and O–H groups in total. The summed E-state index contributed by atoms with van der Waals surface area (Å²) in [6.45, 7) is 8.99. The molecule has 1 amide bonds. The van der Waals surface area contributed by atoms with Gasteiger partial charge in [-0.15, -0.1) is 0 Å². The molecule has 2 aliphatic heterocycles. The molecule has 6 rings (SSSR count). The second-order valence-electron chi connectivity index (χ2n) is 11.4. The summed E-state index contributed by atoms with van der Waals surface area (Å²) in [7, 11) is 0. The number of carbonyl (C=O) groups excluding carboxylic acids is 1. The van der Waals surface area contributed by atoms with Gasteiger partial charge in [-0.2, -0.15) is 0 Å². The average molecular weight is 536 g/mol. The molecule has 0 bridgehead atoms. The van der Waals surface area contributed by atoms with E-state index < -0.39 is 5.60 Å². The molecule has 1 aliphatic carbocycles. The fourth-order valence-electron chi connectivity index (χ4n) is 6.04. The normalized spacial score (nSPS) is 21.5. The van der Waals surface area contributed by atoms with Gasteiger partial charge in [-0.3, -0.25) is 4.90 Å². The molecule has 0 saturated carbocycles. The lowest BCUT2D eigenvalue weighted by Gasteiger charge is -2.42. The summed E-state index contributed by atoms with van der Waals surface area (Å²) in [5.74, 6) is 1.71. The maximum absolute atomic E-state index is 13.1. The van der Waals surface area contributed by atoms with Crippen LogP contribution in [0.5, 0.6) is 0 Å². The predicted molar refractivity (Wildman–Crippen MR) is 145 cm³/mol. The first-order chi connectivity index (χ1) is 18.2. The zero-order valence-corrected chi connectivity index (χ0v) is 22.9. The predicted octanol–water partition coefficient (Wildman–Crippen LogP) is 4.52. The van der Waals surface area contributed by atoms with Gasteiger partial charge in [0.1, 0.15) is 17.2 Å². The molecule has 1 aromatic carbocycles. The topological polar surface area (TPSA) is 90.5 Å². The van der Waals surface area contributed by atoms with Crippen molar-refractivity contribution in [2.24, 2.45) is 0 Å². The van der Waals surface area contributed by atoms with Crippen LogP contribution in [0.15, 0.2) is 36.7 Å². The number of H-pyrrole nitrogens is 1. The van der Waals surface area contributed by atoms with Crippen LogP contribution >= 0.6 is 11.6 Å². The number of benzene rings is 1. The van der Waals surface area contributed by atoms with E-state index in [1.54, 1.807) is 12.4 Å². The molecule has 4 heterocycles. The number of aryl methyl sites for hydroxylation is 1. The first kappa shape index (κ1) is 25.1. The number of nitrogens with zero attached hydrogens (tertiary/aromatic N) is 6. The molecule has 9 nitrogen and oxygen atoms in total. The first-order valence-electron chi connectivity index (χ1n) is 13.3. The van der Waals surface area contributed by atoms with E-state index in [0.717, 1.165) is 48.8 Å². The van der Waals surface area contributed by atoms with Crippen molar-refractivity contribution < 1.29 is 9.53 Å². The number of aromatic nitrogens is 4. The zero-order chi connectivity index (χ0) is 26.4. The van der Waals surface area contributed by atoms with Gasteiger partial charge in [0.2, 0.25) is 5.28 Å². The van der Waals surface area contributed by atoms with Crippen LogP contribution in [-0.4, -0.2) is 67.1 Å². The van der Waals surface area contributed by atoms with E-state index in [1.165, 1.54) is 11.1 Å². The molecule has 200 valence electrons. The van der Waals surface area contributed by atoms with Crippen LogP contribution in [0.4, 0.5) is 10.6 Å². The minimum atomic E-state index is -0.563. The number of hydrogen-bond acceptors (Lipinski definition) is 7. The Morgan fingerprint density at radius 2 is 2.03 bits per heavy atom. The molecule has 0 radical (unpaired) electrons. The molecule has 10 heteroatoms. The summed E-state index contributed by atoms with van der Waals surface area (Å²) in [6.07, 6.45) is 6.05. The second kappa shape index (κ2) is 9.85. The highest BCUT2D eigenvalue weighted by Gasteiger charge is 2.38. The van der Waals surface area contributed by atoms with Crippen molar-refractivity contribution in [2.75, 3.05) is 24.5 Å². The fourth-order valence-corrected chi connectivity index (χ4v) is 6.23. The Morgan fingerprint density at radius 3 is 2.82 bits per heavy atom. The van der Waals surface area contributed by atoms with Gasteiger partial charge in [0.05, 0.1) is 11.7 Å².